The van der Waals surface area contributed by atoms with E-state index in [0.29, 0.717) is 44.9 Å². The minimum absolute atomic E-state index is 0.0266. The molecule has 0 N–H and O–H groups in total. The van der Waals surface area contributed by atoms with Crippen LogP contribution in [0.4, 0.5) is 19.0 Å². The van der Waals surface area contributed by atoms with E-state index in [1.165, 1.54) is 0 Å². The Balaban J connectivity index is 1.93. The standard InChI is InChI=1S/C17H23ClF3N3O2/c1-23(6-3-9-26-2)16(25)12-4-7-24(8-5-12)15-14(18)10-13(11-22-15)17(19,20)21/h10-12H,3-9H2,1-2H3. The number of hydrogen-bond acceptors (Lipinski definition) is 4. The quantitative estimate of drug-likeness (QED) is 0.694. The van der Waals surface area contributed by atoms with Gasteiger partial charge in [-0.2, -0.15) is 13.2 Å². The van der Waals surface area contributed by atoms with Crippen LogP contribution in [0.3, 0.4) is 0 Å². The summed E-state index contributed by atoms with van der Waals surface area (Å²) in [6, 6.07) is 0.894. The first-order chi connectivity index (χ1) is 12.2. The summed E-state index contributed by atoms with van der Waals surface area (Å²) < 4.78 is 43.1. The maximum Gasteiger partial charge on any atom is 0.417 e. The zero-order valence-electron chi connectivity index (χ0n) is 14.9. The number of piperidine rings is 1. The summed E-state index contributed by atoms with van der Waals surface area (Å²) in [5.74, 6) is 0.332. The van der Waals surface area contributed by atoms with Crippen LogP contribution in [0.1, 0.15) is 24.8 Å². The van der Waals surface area contributed by atoms with E-state index in [0.717, 1.165) is 18.7 Å². The number of rotatable bonds is 6. The first kappa shape index (κ1) is 20.8. The third kappa shape index (κ3) is 5.23. The Morgan fingerprint density at radius 1 is 1.42 bits per heavy atom. The van der Waals surface area contributed by atoms with Gasteiger partial charge in [0, 0.05) is 52.5 Å². The number of methoxy groups -OCH3 is 1. The predicted octanol–water partition coefficient (Wildman–Crippen LogP) is 3.47. The van der Waals surface area contributed by atoms with Crippen LogP contribution in [0.15, 0.2) is 12.3 Å². The molecular formula is C17H23ClF3N3O2. The Morgan fingerprint density at radius 2 is 2.08 bits per heavy atom. The minimum Gasteiger partial charge on any atom is -0.385 e. The number of anilines is 1. The molecule has 0 aliphatic carbocycles. The van der Waals surface area contributed by atoms with E-state index in [9.17, 15) is 18.0 Å². The molecule has 0 atom stereocenters. The molecule has 1 aliphatic heterocycles. The van der Waals surface area contributed by atoms with Crippen LogP contribution in [0.5, 0.6) is 0 Å². The SMILES string of the molecule is COCCCN(C)C(=O)C1CCN(c2ncc(C(F)(F)F)cc2Cl)CC1. The lowest BCUT2D eigenvalue weighted by atomic mass is 9.95. The molecule has 0 bridgehead atoms. The third-order valence-electron chi connectivity index (χ3n) is 4.51. The van der Waals surface area contributed by atoms with Gasteiger partial charge in [-0.3, -0.25) is 4.79 Å². The van der Waals surface area contributed by atoms with E-state index in [2.05, 4.69) is 4.98 Å². The highest BCUT2D eigenvalue weighted by molar-refractivity contribution is 6.33. The highest BCUT2D eigenvalue weighted by atomic mass is 35.5. The zero-order chi connectivity index (χ0) is 19.3. The molecule has 1 aliphatic rings. The number of amides is 1. The second-order valence-electron chi connectivity index (χ2n) is 6.39. The molecule has 0 radical (unpaired) electrons. The molecule has 1 saturated heterocycles. The lowest BCUT2D eigenvalue weighted by Crippen LogP contribution is -2.42. The van der Waals surface area contributed by atoms with Crippen LogP contribution in [0, 0.1) is 5.92 Å². The first-order valence-electron chi connectivity index (χ1n) is 8.45. The summed E-state index contributed by atoms with van der Waals surface area (Å²) in [6.45, 7) is 2.30. The molecule has 0 saturated carbocycles. The maximum absolute atomic E-state index is 12.7. The molecule has 1 aromatic rings. The number of aromatic nitrogens is 1. The molecule has 9 heteroatoms. The molecule has 1 amide bonds. The molecule has 0 unspecified atom stereocenters. The van der Waals surface area contributed by atoms with Crippen LogP contribution < -0.4 is 4.90 Å². The van der Waals surface area contributed by atoms with Gasteiger partial charge in [0.1, 0.15) is 5.82 Å². The molecule has 2 rings (SSSR count). The van der Waals surface area contributed by atoms with Gasteiger partial charge in [0.15, 0.2) is 0 Å². The number of alkyl halides is 3. The number of nitrogens with zero attached hydrogens (tertiary/aromatic N) is 3. The van der Waals surface area contributed by atoms with E-state index in [1.54, 1.807) is 19.1 Å². The van der Waals surface area contributed by atoms with Gasteiger partial charge in [-0.05, 0) is 25.3 Å². The van der Waals surface area contributed by atoms with Crippen molar-refractivity contribution in [1.82, 2.24) is 9.88 Å². The Hall–Kier alpha value is -1.54. The van der Waals surface area contributed by atoms with Crippen molar-refractivity contribution in [2.75, 3.05) is 45.3 Å². The summed E-state index contributed by atoms with van der Waals surface area (Å²) in [7, 11) is 3.40. The Kier molecular flexibility index (Phi) is 7.11. The molecule has 1 fully saturated rings. The summed E-state index contributed by atoms with van der Waals surface area (Å²) >= 11 is 6.00. The molecule has 1 aromatic heterocycles. The van der Waals surface area contributed by atoms with E-state index in [4.69, 9.17) is 16.3 Å². The van der Waals surface area contributed by atoms with Crippen molar-refractivity contribution >= 4 is 23.3 Å². The summed E-state index contributed by atoms with van der Waals surface area (Å²) in [4.78, 5) is 19.9. The average molecular weight is 394 g/mol. The number of pyridine rings is 1. The van der Waals surface area contributed by atoms with Crippen molar-refractivity contribution < 1.29 is 22.7 Å². The van der Waals surface area contributed by atoms with Crippen LogP contribution >= 0.6 is 11.6 Å². The van der Waals surface area contributed by atoms with E-state index < -0.39 is 11.7 Å². The van der Waals surface area contributed by atoms with Crippen molar-refractivity contribution in [3.8, 4) is 0 Å². The second-order valence-corrected chi connectivity index (χ2v) is 6.80. The highest BCUT2D eigenvalue weighted by Gasteiger charge is 2.33. The van der Waals surface area contributed by atoms with Gasteiger partial charge < -0.3 is 14.5 Å². The average Bonchev–Trinajstić information content (AvgIpc) is 2.60. The van der Waals surface area contributed by atoms with Gasteiger partial charge in [0.2, 0.25) is 5.91 Å². The highest BCUT2D eigenvalue weighted by Crippen LogP contribution is 2.34. The summed E-state index contributed by atoms with van der Waals surface area (Å²) in [5.41, 5.74) is -0.867. The van der Waals surface area contributed by atoms with Gasteiger partial charge in [-0.25, -0.2) is 4.98 Å². The fourth-order valence-electron chi connectivity index (χ4n) is 3.02. The third-order valence-corrected chi connectivity index (χ3v) is 4.79. The van der Waals surface area contributed by atoms with Gasteiger partial charge in [0.05, 0.1) is 10.6 Å². The van der Waals surface area contributed by atoms with Gasteiger partial charge in [-0.1, -0.05) is 11.6 Å². The summed E-state index contributed by atoms with van der Waals surface area (Å²) in [5, 5.41) is -0.0266. The normalized spacial score (nSPS) is 16.0. The molecule has 0 spiro atoms. The molecule has 146 valence electrons. The summed E-state index contributed by atoms with van der Waals surface area (Å²) in [6.07, 6.45) is -1.66. The Morgan fingerprint density at radius 3 is 2.62 bits per heavy atom. The van der Waals surface area contributed by atoms with Crippen LogP contribution in [-0.4, -0.2) is 56.2 Å². The van der Waals surface area contributed by atoms with Crippen molar-refractivity contribution in [2.45, 2.75) is 25.4 Å². The van der Waals surface area contributed by atoms with Crippen molar-refractivity contribution in [3.05, 3.63) is 22.8 Å². The van der Waals surface area contributed by atoms with Crippen molar-refractivity contribution in [2.24, 2.45) is 5.92 Å². The maximum atomic E-state index is 12.7. The van der Waals surface area contributed by atoms with Gasteiger partial charge in [-0.15, -0.1) is 0 Å². The zero-order valence-corrected chi connectivity index (χ0v) is 15.6. The topological polar surface area (TPSA) is 45.7 Å². The van der Waals surface area contributed by atoms with Gasteiger partial charge in [0.25, 0.3) is 0 Å². The Bertz CT molecular complexity index is 620. The predicted molar refractivity (Wildman–Crippen MR) is 93.3 cm³/mol. The van der Waals surface area contributed by atoms with Crippen molar-refractivity contribution in [3.63, 3.8) is 0 Å². The Labute approximate surface area is 156 Å². The number of carbonyl (C=O) groups is 1. The number of carbonyl (C=O) groups excluding carboxylic acids is 1. The molecule has 2 heterocycles. The van der Waals surface area contributed by atoms with Crippen molar-refractivity contribution in [1.29, 1.82) is 0 Å². The van der Waals surface area contributed by atoms with E-state index >= 15 is 0 Å². The smallest absolute Gasteiger partial charge is 0.385 e. The van der Waals surface area contributed by atoms with Crippen LogP contribution in [0.25, 0.3) is 0 Å². The number of hydrogen-bond donors (Lipinski definition) is 0. The van der Waals surface area contributed by atoms with Crippen LogP contribution in [0.2, 0.25) is 5.02 Å². The first-order valence-corrected chi connectivity index (χ1v) is 8.83. The number of halogens is 4. The fourth-order valence-corrected chi connectivity index (χ4v) is 3.31. The largest absolute Gasteiger partial charge is 0.417 e. The monoisotopic (exact) mass is 393 g/mol. The molecule has 5 nitrogen and oxygen atoms in total. The lowest BCUT2D eigenvalue weighted by molar-refractivity contribution is -0.138. The lowest BCUT2D eigenvalue weighted by Gasteiger charge is -2.34. The molecular weight excluding hydrogens is 371 g/mol. The molecule has 26 heavy (non-hydrogen) atoms. The van der Waals surface area contributed by atoms with Crippen LogP contribution in [-0.2, 0) is 15.7 Å². The second kappa shape index (κ2) is 8.90. The molecule has 0 aromatic carbocycles. The minimum atomic E-state index is -4.47. The van der Waals surface area contributed by atoms with E-state index in [1.807, 2.05) is 4.90 Å². The number of ether oxygens (including phenoxy) is 1. The van der Waals surface area contributed by atoms with Gasteiger partial charge >= 0.3 is 6.18 Å². The van der Waals surface area contributed by atoms with E-state index in [-0.39, 0.29) is 16.8 Å². The fraction of sp³-hybridized carbons (Fsp3) is 0.647.